The lowest BCUT2D eigenvalue weighted by Crippen LogP contribution is -2.21. The molecule has 1 heterocycles. The van der Waals surface area contributed by atoms with Crippen molar-refractivity contribution in [3.05, 3.63) is 54.1 Å². The highest BCUT2D eigenvalue weighted by Crippen LogP contribution is 2.05. The van der Waals surface area contributed by atoms with Crippen LogP contribution in [0.2, 0.25) is 0 Å². The van der Waals surface area contributed by atoms with Gasteiger partial charge < -0.3 is 9.88 Å². The average molecular weight is 257 g/mol. The number of aromatic nitrogens is 2. The summed E-state index contributed by atoms with van der Waals surface area (Å²) in [4.78, 5) is 4.41. The predicted octanol–water partition coefficient (Wildman–Crippen LogP) is 3.01. The molecule has 3 nitrogen and oxygen atoms in total. The molecule has 0 atom stereocenters. The van der Waals surface area contributed by atoms with Crippen molar-refractivity contribution in [2.45, 2.75) is 45.8 Å². The number of hydrogen-bond donors (Lipinski definition) is 1. The second kappa shape index (κ2) is 7.10. The van der Waals surface area contributed by atoms with E-state index in [0.717, 1.165) is 31.6 Å². The van der Waals surface area contributed by atoms with Gasteiger partial charge in [-0.2, -0.15) is 0 Å². The van der Waals surface area contributed by atoms with Crippen LogP contribution in [-0.2, 0) is 19.5 Å². The van der Waals surface area contributed by atoms with Gasteiger partial charge in [-0.1, -0.05) is 44.2 Å². The Hall–Kier alpha value is -1.61. The second-order valence-corrected chi connectivity index (χ2v) is 5.23. The first-order valence-corrected chi connectivity index (χ1v) is 7.02. The normalized spacial score (nSPS) is 11.1. The third-order valence-corrected chi connectivity index (χ3v) is 3.10. The van der Waals surface area contributed by atoms with Crippen LogP contribution in [0.3, 0.4) is 0 Å². The first kappa shape index (κ1) is 13.8. The lowest BCUT2D eigenvalue weighted by atomic mass is 10.1. The highest BCUT2D eigenvalue weighted by atomic mass is 15.0. The molecule has 19 heavy (non-hydrogen) atoms. The molecule has 0 unspecified atom stereocenters. The minimum absolute atomic E-state index is 0.503. The number of rotatable bonds is 7. The first-order chi connectivity index (χ1) is 9.24. The lowest BCUT2D eigenvalue weighted by Gasteiger charge is -2.05. The Kier molecular flexibility index (Phi) is 5.16. The molecule has 1 aromatic carbocycles. The molecule has 102 valence electrons. The van der Waals surface area contributed by atoms with Crippen LogP contribution in [0, 0.1) is 0 Å². The molecule has 0 aliphatic carbocycles. The van der Waals surface area contributed by atoms with E-state index in [1.807, 2.05) is 6.33 Å². The van der Waals surface area contributed by atoms with Crippen LogP contribution in [0.1, 0.15) is 31.5 Å². The summed E-state index contributed by atoms with van der Waals surface area (Å²) in [6.07, 6.45) is 6.35. The summed E-state index contributed by atoms with van der Waals surface area (Å²) in [5, 5.41) is 3.38. The van der Waals surface area contributed by atoms with Crippen molar-refractivity contribution in [3.8, 4) is 0 Å². The van der Waals surface area contributed by atoms with Gasteiger partial charge in [-0.05, 0) is 18.4 Å². The lowest BCUT2D eigenvalue weighted by molar-refractivity contribution is 0.581. The van der Waals surface area contributed by atoms with E-state index in [1.165, 1.54) is 5.56 Å². The molecule has 2 aromatic rings. The van der Waals surface area contributed by atoms with Crippen LogP contribution in [0.5, 0.6) is 0 Å². The molecule has 1 N–H and O–H groups in total. The molecule has 0 saturated heterocycles. The number of nitrogens with zero attached hydrogens (tertiary/aromatic N) is 2. The van der Waals surface area contributed by atoms with Crippen LogP contribution in [0.15, 0.2) is 42.9 Å². The van der Waals surface area contributed by atoms with Crippen molar-refractivity contribution in [2.24, 2.45) is 0 Å². The van der Waals surface area contributed by atoms with Gasteiger partial charge in [-0.3, -0.25) is 0 Å². The van der Waals surface area contributed by atoms with Gasteiger partial charge >= 0.3 is 0 Å². The molecule has 0 bridgehead atoms. The minimum atomic E-state index is 0.503. The average Bonchev–Trinajstić information content (AvgIpc) is 2.86. The van der Waals surface area contributed by atoms with Crippen molar-refractivity contribution in [3.63, 3.8) is 0 Å². The summed E-state index contributed by atoms with van der Waals surface area (Å²) in [6, 6.07) is 11.1. The zero-order valence-corrected chi connectivity index (χ0v) is 11.8. The molecule has 1 aromatic heterocycles. The maximum atomic E-state index is 4.41. The first-order valence-electron chi connectivity index (χ1n) is 7.02. The number of imidazole rings is 1. The van der Waals surface area contributed by atoms with E-state index in [9.17, 15) is 0 Å². The maximum Gasteiger partial charge on any atom is 0.0949 e. The zero-order chi connectivity index (χ0) is 13.5. The fraction of sp³-hybridized carbons (Fsp3) is 0.438. The van der Waals surface area contributed by atoms with Crippen LogP contribution in [0.4, 0.5) is 0 Å². The zero-order valence-electron chi connectivity index (χ0n) is 11.8. The maximum absolute atomic E-state index is 4.41. The fourth-order valence-electron chi connectivity index (χ4n) is 2.04. The summed E-state index contributed by atoms with van der Waals surface area (Å²) >= 11 is 0. The quantitative estimate of drug-likeness (QED) is 0.826. The number of hydrogen-bond acceptors (Lipinski definition) is 2. The molecular weight excluding hydrogens is 234 g/mol. The van der Waals surface area contributed by atoms with Crippen molar-refractivity contribution in [1.82, 2.24) is 14.9 Å². The van der Waals surface area contributed by atoms with Crippen molar-refractivity contribution in [1.29, 1.82) is 0 Å². The number of benzene rings is 1. The SMILES string of the molecule is CC(C)NCc1cn(CCCc2ccccc2)cn1. The molecule has 0 saturated carbocycles. The summed E-state index contributed by atoms with van der Waals surface area (Å²) in [5.41, 5.74) is 2.53. The van der Waals surface area contributed by atoms with E-state index >= 15 is 0 Å². The van der Waals surface area contributed by atoms with Gasteiger partial charge in [0, 0.05) is 25.3 Å². The van der Waals surface area contributed by atoms with Crippen molar-refractivity contribution < 1.29 is 0 Å². The van der Waals surface area contributed by atoms with E-state index < -0.39 is 0 Å². The molecule has 0 radical (unpaired) electrons. The van der Waals surface area contributed by atoms with Gasteiger partial charge in [0.15, 0.2) is 0 Å². The molecular formula is C16H23N3. The van der Waals surface area contributed by atoms with Crippen LogP contribution in [0.25, 0.3) is 0 Å². The van der Waals surface area contributed by atoms with Gasteiger partial charge in [-0.15, -0.1) is 0 Å². The Morgan fingerprint density at radius 1 is 1.21 bits per heavy atom. The number of nitrogens with one attached hydrogen (secondary N) is 1. The monoisotopic (exact) mass is 257 g/mol. The molecule has 0 spiro atoms. The van der Waals surface area contributed by atoms with Crippen LogP contribution < -0.4 is 5.32 Å². The van der Waals surface area contributed by atoms with Crippen molar-refractivity contribution in [2.75, 3.05) is 0 Å². The number of aryl methyl sites for hydroxylation is 2. The Labute approximate surface area is 115 Å². The molecule has 0 aliphatic heterocycles. The molecule has 0 amide bonds. The van der Waals surface area contributed by atoms with Crippen molar-refractivity contribution >= 4 is 0 Å². The van der Waals surface area contributed by atoms with Crippen LogP contribution in [-0.4, -0.2) is 15.6 Å². The van der Waals surface area contributed by atoms with Gasteiger partial charge in [0.1, 0.15) is 0 Å². The van der Waals surface area contributed by atoms with Gasteiger partial charge in [0.05, 0.1) is 12.0 Å². The predicted molar refractivity (Wildman–Crippen MR) is 79.0 cm³/mol. The largest absolute Gasteiger partial charge is 0.337 e. The molecule has 0 fully saturated rings. The molecule has 0 aliphatic rings. The second-order valence-electron chi connectivity index (χ2n) is 5.23. The summed E-state index contributed by atoms with van der Waals surface area (Å²) in [7, 11) is 0. The highest BCUT2D eigenvalue weighted by molar-refractivity contribution is 5.14. The van der Waals surface area contributed by atoms with Gasteiger partial charge in [0.2, 0.25) is 0 Å². The van der Waals surface area contributed by atoms with E-state index in [-0.39, 0.29) is 0 Å². The fourth-order valence-corrected chi connectivity index (χ4v) is 2.04. The summed E-state index contributed by atoms with van der Waals surface area (Å²) in [6.45, 7) is 6.18. The van der Waals surface area contributed by atoms with Gasteiger partial charge in [-0.25, -0.2) is 4.98 Å². The van der Waals surface area contributed by atoms with E-state index in [1.54, 1.807) is 0 Å². The Bertz CT molecular complexity index is 474. The van der Waals surface area contributed by atoms with E-state index in [2.05, 4.69) is 65.2 Å². The summed E-state index contributed by atoms with van der Waals surface area (Å²) < 4.78 is 2.18. The topological polar surface area (TPSA) is 29.9 Å². The summed E-state index contributed by atoms with van der Waals surface area (Å²) in [5.74, 6) is 0. The Morgan fingerprint density at radius 2 is 2.00 bits per heavy atom. The Morgan fingerprint density at radius 3 is 2.74 bits per heavy atom. The highest BCUT2D eigenvalue weighted by Gasteiger charge is 2.00. The molecule has 3 heteroatoms. The van der Waals surface area contributed by atoms with E-state index in [4.69, 9.17) is 0 Å². The Balaban J connectivity index is 1.74. The molecule has 2 rings (SSSR count). The smallest absolute Gasteiger partial charge is 0.0949 e. The van der Waals surface area contributed by atoms with Gasteiger partial charge in [0.25, 0.3) is 0 Å². The van der Waals surface area contributed by atoms with E-state index in [0.29, 0.717) is 6.04 Å². The third kappa shape index (κ3) is 4.87. The van der Waals surface area contributed by atoms with Crippen LogP contribution >= 0.6 is 0 Å². The standard InChI is InChI=1S/C16H23N3/c1-14(2)17-11-16-12-19(13-18-16)10-6-9-15-7-4-3-5-8-15/h3-5,7-8,12-14,17H,6,9-11H2,1-2H3. The third-order valence-electron chi connectivity index (χ3n) is 3.10. The minimum Gasteiger partial charge on any atom is -0.337 e.